The normalized spacial score (nSPS) is 10.4. The summed E-state index contributed by atoms with van der Waals surface area (Å²) in [6.45, 7) is 2.06. The number of aryl methyl sites for hydroxylation is 1. The first kappa shape index (κ1) is 16.2. The van der Waals surface area contributed by atoms with Gasteiger partial charge in [0.1, 0.15) is 0 Å². The molecule has 1 amide bonds. The lowest BCUT2D eigenvalue weighted by Gasteiger charge is -2.08. The first-order chi connectivity index (χ1) is 10.1. The second-order valence-electron chi connectivity index (χ2n) is 4.63. The largest absolute Gasteiger partial charge is 0.324 e. The fourth-order valence-electron chi connectivity index (χ4n) is 1.85. The van der Waals surface area contributed by atoms with Crippen LogP contribution in [0.5, 0.6) is 0 Å². The van der Waals surface area contributed by atoms with Gasteiger partial charge in [0.2, 0.25) is 5.91 Å². The topological polar surface area (TPSA) is 29.1 Å². The van der Waals surface area contributed by atoms with Gasteiger partial charge in [-0.15, -0.1) is 11.8 Å². The van der Waals surface area contributed by atoms with E-state index in [-0.39, 0.29) is 5.91 Å². The molecular weight excluding hydrogens is 325 g/mol. The van der Waals surface area contributed by atoms with Crippen molar-refractivity contribution in [3.8, 4) is 0 Å². The maximum atomic E-state index is 11.9. The van der Waals surface area contributed by atoms with Gasteiger partial charge < -0.3 is 5.32 Å². The molecule has 0 heterocycles. The van der Waals surface area contributed by atoms with E-state index in [1.54, 1.807) is 30.0 Å². The van der Waals surface area contributed by atoms with E-state index in [0.717, 1.165) is 5.75 Å². The number of carbonyl (C=O) groups excluding carboxylic acids is 1. The number of nitrogens with one attached hydrogen (secondary N) is 1. The summed E-state index contributed by atoms with van der Waals surface area (Å²) in [5, 5.41) is 3.58. The van der Waals surface area contributed by atoms with Crippen molar-refractivity contribution < 1.29 is 4.79 Å². The summed E-state index contributed by atoms with van der Waals surface area (Å²) in [5.74, 6) is 1.09. The molecule has 0 bridgehead atoms. The molecule has 0 radical (unpaired) electrons. The van der Waals surface area contributed by atoms with E-state index in [1.165, 1.54) is 11.1 Å². The van der Waals surface area contributed by atoms with Crippen molar-refractivity contribution >= 4 is 46.6 Å². The van der Waals surface area contributed by atoms with Gasteiger partial charge in [0.25, 0.3) is 0 Å². The number of amides is 1. The highest BCUT2D eigenvalue weighted by Gasteiger charge is 2.08. The van der Waals surface area contributed by atoms with Gasteiger partial charge in [-0.2, -0.15) is 0 Å². The quantitative estimate of drug-likeness (QED) is 0.813. The summed E-state index contributed by atoms with van der Waals surface area (Å²) in [5.41, 5.74) is 2.99. The maximum Gasteiger partial charge on any atom is 0.234 e. The highest BCUT2D eigenvalue weighted by atomic mass is 35.5. The predicted molar refractivity (Wildman–Crippen MR) is 92.4 cm³/mol. The number of halogens is 2. The minimum atomic E-state index is -0.0863. The van der Waals surface area contributed by atoms with E-state index in [1.807, 2.05) is 6.07 Å². The Bertz CT molecular complexity index is 646. The molecule has 110 valence electrons. The lowest BCUT2D eigenvalue weighted by Crippen LogP contribution is -2.14. The molecule has 0 aliphatic heterocycles. The highest BCUT2D eigenvalue weighted by molar-refractivity contribution is 7.99. The number of carbonyl (C=O) groups is 1. The smallest absolute Gasteiger partial charge is 0.234 e. The lowest BCUT2D eigenvalue weighted by atomic mass is 10.2. The van der Waals surface area contributed by atoms with Crippen molar-refractivity contribution in [3.05, 3.63) is 63.6 Å². The zero-order valence-corrected chi connectivity index (χ0v) is 13.9. The molecule has 0 fully saturated rings. The van der Waals surface area contributed by atoms with Crippen LogP contribution in [0.2, 0.25) is 10.0 Å². The van der Waals surface area contributed by atoms with E-state index in [4.69, 9.17) is 23.2 Å². The Hall–Kier alpha value is -1.16. The van der Waals surface area contributed by atoms with Crippen LogP contribution < -0.4 is 5.32 Å². The van der Waals surface area contributed by atoms with Crippen LogP contribution in [0.1, 0.15) is 11.1 Å². The van der Waals surface area contributed by atoms with E-state index in [0.29, 0.717) is 21.5 Å². The van der Waals surface area contributed by atoms with Gasteiger partial charge >= 0.3 is 0 Å². The van der Waals surface area contributed by atoms with Gasteiger partial charge in [0.05, 0.1) is 21.5 Å². The molecule has 0 atom stereocenters. The summed E-state index contributed by atoms with van der Waals surface area (Å²) in [4.78, 5) is 11.9. The zero-order chi connectivity index (χ0) is 15.2. The van der Waals surface area contributed by atoms with Crippen LogP contribution in [0.4, 0.5) is 5.69 Å². The van der Waals surface area contributed by atoms with Crippen molar-refractivity contribution in [2.45, 2.75) is 12.7 Å². The molecule has 0 saturated heterocycles. The molecule has 5 heteroatoms. The summed E-state index contributed by atoms with van der Waals surface area (Å²) in [6.07, 6.45) is 0. The van der Waals surface area contributed by atoms with Gasteiger partial charge in [-0.25, -0.2) is 0 Å². The molecule has 0 spiro atoms. The molecule has 2 aromatic rings. The maximum absolute atomic E-state index is 11.9. The minimum absolute atomic E-state index is 0.0863. The standard InChI is InChI=1S/C16H15Cl2NOS/c1-11-4-2-5-12(8-11)9-21-10-15(20)19-14-7-3-6-13(17)16(14)18/h2-8H,9-10H2,1H3,(H,19,20). The number of hydrogen-bond donors (Lipinski definition) is 1. The van der Waals surface area contributed by atoms with Crippen LogP contribution in [-0.4, -0.2) is 11.7 Å². The Morgan fingerprint density at radius 2 is 1.95 bits per heavy atom. The molecule has 21 heavy (non-hydrogen) atoms. The molecule has 0 saturated carbocycles. The van der Waals surface area contributed by atoms with Gasteiger partial charge in [-0.3, -0.25) is 4.79 Å². The average molecular weight is 340 g/mol. The summed E-state index contributed by atoms with van der Waals surface area (Å²) in [7, 11) is 0. The zero-order valence-electron chi connectivity index (χ0n) is 11.5. The second-order valence-corrected chi connectivity index (χ2v) is 6.40. The average Bonchev–Trinajstić information content (AvgIpc) is 2.44. The molecule has 2 nitrogen and oxygen atoms in total. The van der Waals surface area contributed by atoms with E-state index < -0.39 is 0 Å². The Kier molecular flexibility index (Phi) is 5.97. The monoisotopic (exact) mass is 339 g/mol. The summed E-state index contributed by atoms with van der Waals surface area (Å²) < 4.78 is 0. The molecule has 0 unspecified atom stereocenters. The molecule has 0 aliphatic carbocycles. The molecule has 2 aromatic carbocycles. The minimum Gasteiger partial charge on any atom is -0.324 e. The molecular formula is C16H15Cl2NOS. The first-order valence-corrected chi connectivity index (χ1v) is 8.34. The predicted octanol–water partition coefficient (Wildman–Crippen LogP) is 5.17. The van der Waals surface area contributed by atoms with E-state index >= 15 is 0 Å². The van der Waals surface area contributed by atoms with Crippen molar-refractivity contribution in [1.82, 2.24) is 0 Å². The van der Waals surface area contributed by atoms with Gasteiger partial charge in [-0.05, 0) is 24.6 Å². The number of hydrogen-bond acceptors (Lipinski definition) is 2. The van der Waals surface area contributed by atoms with Crippen molar-refractivity contribution in [2.24, 2.45) is 0 Å². The third-order valence-electron chi connectivity index (χ3n) is 2.81. The van der Waals surface area contributed by atoms with Crippen molar-refractivity contribution in [2.75, 3.05) is 11.1 Å². The van der Waals surface area contributed by atoms with Crippen LogP contribution in [-0.2, 0) is 10.5 Å². The van der Waals surface area contributed by atoms with Gasteiger partial charge in [0, 0.05) is 5.75 Å². The Morgan fingerprint density at radius 1 is 1.19 bits per heavy atom. The molecule has 0 aromatic heterocycles. The van der Waals surface area contributed by atoms with Gasteiger partial charge in [-0.1, -0.05) is 59.1 Å². The molecule has 1 N–H and O–H groups in total. The Morgan fingerprint density at radius 3 is 2.71 bits per heavy atom. The number of anilines is 1. The SMILES string of the molecule is Cc1cccc(CSCC(=O)Nc2cccc(Cl)c2Cl)c1. The van der Waals surface area contributed by atoms with E-state index in [2.05, 4.69) is 30.4 Å². The highest BCUT2D eigenvalue weighted by Crippen LogP contribution is 2.29. The Balaban J connectivity index is 1.84. The van der Waals surface area contributed by atoms with Crippen molar-refractivity contribution in [1.29, 1.82) is 0 Å². The number of benzene rings is 2. The Labute approximate surface area is 138 Å². The molecule has 0 aliphatic rings. The van der Waals surface area contributed by atoms with Gasteiger partial charge in [0.15, 0.2) is 0 Å². The van der Waals surface area contributed by atoms with Crippen LogP contribution in [0.3, 0.4) is 0 Å². The fraction of sp³-hybridized carbons (Fsp3) is 0.188. The van der Waals surface area contributed by atoms with Crippen LogP contribution in [0.15, 0.2) is 42.5 Å². The third-order valence-corrected chi connectivity index (χ3v) is 4.63. The lowest BCUT2D eigenvalue weighted by molar-refractivity contribution is -0.113. The third kappa shape index (κ3) is 4.95. The number of rotatable bonds is 5. The number of thioether (sulfide) groups is 1. The van der Waals surface area contributed by atoms with Crippen molar-refractivity contribution in [3.63, 3.8) is 0 Å². The summed E-state index contributed by atoms with van der Waals surface area (Å²) >= 11 is 13.5. The first-order valence-electron chi connectivity index (χ1n) is 6.43. The fourth-order valence-corrected chi connectivity index (χ4v) is 2.97. The molecule has 2 rings (SSSR count). The van der Waals surface area contributed by atoms with E-state index in [9.17, 15) is 4.79 Å². The van der Waals surface area contributed by atoms with Crippen LogP contribution in [0, 0.1) is 6.92 Å². The van der Waals surface area contributed by atoms with Crippen LogP contribution in [0.25, 0.3) is 0 Å². The second kappa shape index (κ2) is 7.74. The summed E-state index contributed by atoms with van der Waals surface area (Å²) in [6, 6.07) is 13.4. The van der Waals surface area contributed by atoms with Crippen LogP contribution >= 0.6 is 35.0 Å².